The lowest BCUT2D eigenvalue weighted by Crippen LogP contribution is -2.36. The van der Waals surface area contributed by atoms with Crippen molar-refractivity contribution in [2.75, 3.05) is 26.4 Å². The van der Waals surface area contributed by atoms with Crippen LogP contribution in [0.1, 0.15) is 78.1 Å². The highest BCUT2D eigenvalue weighted by atomic mass is 16.5. The Hall–Kier alpha value is -0.120. The van der Waals surface area contributed by atoms with Crippen molar-refractivity contribution in [1.82, 2.24) is 0 Å². The van der Waals surface area contributed by atoms with Gasteiger partial charge in [-0.1, -0.05) is 52.4 Å². The van der Waals surface area contributed by atoms with E-state index in [-0.39, 0.29) is 19.1 Å². The van der Waals surface area contributed by atoms with Crippen LogP contribution in [0.15, 0.2) is 0 Å². The maximum Gasteiger partial charge on any atom is 0.0519 e. The number of hydrogen-bond donors (Lipinski definition) is 2. The van der Waals surface area contributed by atoms with E-state index in [0.717, 1.165) is 36.9 Å². The minimum absolute atomic E-state index is 0.137. The van der Waals surface area contributed by atoms with Crippen LogP contribution in [-0.4, -0.2) is 36.6 Å². The Morgan fingerprint density at radius 2 is 1.20 bits per heavy atom. The van der Waals surface area contributed by atoms with Crippen molar-refractivity contribution < 1.29 is 14.9 Å². The normalized spacial score (nSPS) is 33.5. The highest BCUT2D eigenvalue weighted by molar-refractivity contribution is 4.80. The van der Waals surface area contributed by atoms with E-state index < -0.39 is 0 Å². The average Bonchev–Trinajstić information content (AvgIpc) is 2.63. The maximum atomic E-state index is 9.04. The van der Waals surface area contributed by atoms with Crippen molar-refractivity contribution in [2.45, 2.75) is 78.1 Å². The van der Waals surface area contributed by atoms with Crippen molar-refractivity contribution in [3.05, 3.63) is 0 Å². The molecule has 25 heavy (non-hydrogen) atoms. The molecule has 0 aromatic rings. The summed E-state index contributed by atoms with van der Waals surface area (Å²) in [6.45, 7) is 7.00. The quantitative estimate of drug-likeness (QED) is 0.730. The van der Waals surface area contributed by atoms with Crippen LogP contribution in [0, 0.1) is 35.5 Å². The predicted molar refractivity (Wildman–Crippen MR) is 103 cm³/mol. The summed E-state index contributed by atoms with van der Waals surface area (Å²) in [7, 11) is 0. The van der Waals surface area contributed by atoms with Crippen LogP contribution in [0.3, 0.4) is 0 Å². The Bertz CT molecular complexity index is 322. The van der Waals surface area contributed by atoms with Gasteiger partial charge in [0.05, 0.1) is 13.2 Å². The molecule has 3 heteroatoms. The highest BCUT2D eigenvalue weighted by Gasteiger charge is 2.31. The zero-order valence-corrected chi connectivity index (χ0v) is 16.7. The largest absolute Gasteiger partial charge is 0.396 e. The third kappa shape index (κ3) is 6.52. The van der Waals surface area contributed by atoms with Crippen molar-refractivity contribution in [3.63, 3.8) is 0 Å². The van der Waals surface area contributed by atoms with Crippen molar-refractivity contribution in [2.24, 2.45) is 35.5 Å². The number of ether oxygens (including phenoxy) is 1. The Labute approximate surface area is 155 Å². The summed E-state index contributed by atoms with van der Waals surface area (Å²) in [6.07, 6.45) is 13.6. The van der Waals surface area contributed by atoms with Gasteiger partial charge in [-0.05, 0) is 49.4 Å². The van der Waals surface area contributed by atoms with E-state index in [2.05, 4.69) is 13.8 Å². The monoisotopic (exact) mass is 354 g/mol. The van der Waals surface area contributed by atoms with Crippen LogP contribution < -0.4 is 0 Å². The van der Waals surface area contributed by atoms with Crippen LogP contribution in [0.5, 0.6) is 0 Å². The number of hydrogen-bond acceptors (Lipinski definition) is 3. The molecule has 0 atom stereocenters. The molecule has 3 fully saturated rings. The Balaban J connectivity index is 0.000000181. The van der Waals surface area contributed by atoms with Crippen LogP contribution >= 0.6 is 0 Å². The number of aliphatic hydroxyl groups is 2. The second-order valence-corrected chi connectivity index (χ2v) is 8.80. The smallest absolute Gasteiger partial charge is 0.0519 e. The fraction of sp³-hybridized carbons (Fsp3) is 1.00. The SMILES string of the molecule is CCC1CCC(C(CO)CO)CC1.CCC1CCC(C2COC2)CC1. The summed E-state index contributed by atoms with van der Waals surface area (Å²) in [5.74, 6) is 4.59. The Kier molecular flexibility index (Phi) is 9.80. The summed E-state index contributed by atoms with van der Waals surface area (Å²) in [6, 6.07) is 0. The highest BCUT2D eigenvalue weighted by Crippen LogP contribution is 2.37. The summed E-state index contributed by atoms with van der Waals surface area (Å²) >= 11 is 0. The van der Waals surface area contributed by atoms with Gasteiger partial charge in [-0.3, -0.25) is 0 Å². The first kappa shape index (κ1) is 21.2. The van der Waals surface area contributed by atoms with Gasteiger partial charge >= 0.3 is 0 Å². The average molecular weight is 355 g/mol. The van der Waals surface area contributed by atoms with Gasteiger partial charge in [0.25, 0.3) is 0 Å². The van der Waals surface area contributed by atoms with Crippen molar-refractivity contribution >= 4 is 0 Å². The molecule has 0 amide bonds. The van der Waals surface area contributed by atoms with Gasteiger partial charge in [-0.25, -0.2) is 0 Å². The van der Waals surface area contributed by atoms with Gasteiger partial charge in [0.15, 0.2) is 0 Å². The van der Waals surface area contributed by atoms with Gasteiger partial charge in [0.2, 0.25) is 0 Å². The molecule has 0 aromatic carbocycles. The van der Waals surface area contributed by atoms with E-state index in [4.69, 9.17) is 14.9 Å². The zero-order valence-electron chi connectivity index (χ0n) is 16.7. The van der Waals surface area contributed by atoms with Gasteiger partial charge in [0.1, 0.15) is 0 Å². The Morgan fingerprint density at radius 1 is 0.720 bits per heavy atom. The van der Waals surface area contributed by atoms with Gasteiger partial charge in [-0.15, -0.1) is 0 Å². The lowest BCUT2D eigenvalue weighted by molar-refractivity contribution is -0.0701. The molecule has 3 nitrogen and oxygen atoms in total. The maximum absolute atomic E-state index is 9.04. The molecule has 1 saturated heterocycles. The molecule has 3 rings (SSSR count). The standard InChI is InChI=1S/C11H22O2.C11H20O/c1-2-9-3-5-10(6-4-9)11(7-12)8-13;1-2-9-3-5-10(6-4-9)11-7-12-8-11/h9-13H,2-8H2,1H3;9-11H,2-8H2,1H3. The van der Waals surface area contributed by atoms with E-state index in [0.29, 0.717) is 5.92 Å². The first-order valence-corrected chi connectivity index (χ1v) is 11.0. The minimum Gasteiger partial charge on any atom is -0.396 e. The van der Waals surface area contributed by atoms with Gasteiger partial charge in [0, 0.05) is 25.0 Å². The summed E-state index contributed by atoms with van der Waals surface area (Å²) in [5, 5.41) is 18.1. The molecule has 148 valence electrons. The van der Waals surface area contributed by atoms with E-state index in [1.165, 1.54) is 64.2 Å². The molecule has 0 bridgehead atoms. The van der Waals surface area contributed by atoms with E-state index in [9.17, 15) is 0 Å². The second-order valence-electron chi connectivity index (χ2n) is 8.80. The molecule has 2 aliphatic carbocycles. The molecule has 3 aliphatic rings. The molecule has 1 heterocycles. The lowest BCUT2D eigenvalue weighted by Gasteiger charge is -2.38. The van der Waals surface area contributed by atoms with E-state index in [1.54, 1.807) is 0 Å². The molecule has 2 N–H and O–H groups in total. The van der Waals surface area contributed by atoms with Crippen molar-refractivity contribution in [3.8, 4) is 0 Å². The van der Waals surface area contributed by atoms with Crippen LogP contribution in [0.2, 0.25) is 0 Å². The predicted octanol–water partition coefficient (Wildman–Crippen LogP) is 4.65. The second kappa shape index (κ2) is 11.6. The van der Waals surface area contributed by atoms with Gasteiger partial charge in [-0.2, -0.15) is 0 Å². The molecule has 0 aromatic heterocycles. The molecule has 0 unspecified atom stereocenters. The first-order chi connectivity index (χ1) is 12.2. The zero-order chi connectivity index (χ0) is 18.1. The summed E-state index contributed by atoms with van der Waals surface area (Å²) < 4.78 is 5.24. The third-order valence-corrected chi connectivity index (χ3v) is 7.40. The van der Waals surface area contributed by atoms with E-state index in [1.807, 2.05) is 0 Å². The molecular formula is C22H42O3. The third-order valence-electron chi connectivity index (χ3n) is 7.40. The molecular weight excluding hydrogens is 312 g/mol. The fourth-order valence-electron chi connectivity index (χ4n) is 5.02. The number of rotatable bonds is 6. The van der Waals surface area contributed by atoms with Crippen LogP contribution in [-0.2, 0) is 4.74 Å². The fourth-order valence-corrected chi connectivity index (χ4v) is 5.02. The molecule has 0 spiro atoms. The number of aliphatic hydroxyl groups excluding tert-OH is 2. The molecule has 2 saturated carbocycles. The molecule has 0 radical (unpaired) electrons. The Morgan fingerprint density at radius 3 is 1.56 bits per heavy atom. The van der Waals surface area contributed by atoms with Crippen molar-refractivity contribution in [1.29, 1.82) is 0 Å². The van der Waals surface area contributed by atoms with Crippen LogP contribution in [0.4, 0.5) is 0 Å². The minimum atomic E-state index is 0.137. The van der Waals surface area contributed by atoms with E-state index >= 15 is 0 Å². The first-order valence-electron chi connectivity index (χ1n) is 11.0. The lowest BCUT2D eigenvalue weighted by atomic mass is 9.74. The topological polar surface area (TPSA) is 49.7 Å². The van der Waals surface area contributed by atoms with Gasteiger partial charge < -0.3 is 14.9 Å². The summed E-state index contributed by atoms with van der Waals surface area (Å²) in [4.78, 5) is 0. The molecule has 1 aliphatic heterocycles. The summed E-state index contributed by atoms with van der Waals surface area (Å²) in [5.41, 5.74) is 0. The van der Waals surface area contributed by atoms with Crippen LogP contribution in [0.25, 0.3) is 0 Å².